The number of fused-ring (bicyclic) bond motifs is 3. The van der Waals surface area contributed by atoms with Crippen molar-refractivity contribution in [2.75, 3.05) is 5.32 Å². The van der Waals surface area contributed by atoms with Gasteiger partial charge in [-0.15, -0.1) is 25.6 Å². The maximum absolute atomic E-state index is 4.73. The van der Waals surface area contributed by atoms with E-state index in [0.717, 1.165) is 78.5 Å². The molecule has 0 saturated carbocycles. The minimum Gasteiger partial charge on any atom is -0.382 e. The SMILES string of the molecule is CCC(C)Nc1ccc(/N=N/c2ccc(/N=N/c3ccc(/N=N/c4ccc(C)cc4)c4ccccc34)c3ccccc23)c2ccccc12. The molecule has 0 radical (unpaired) electrons. The van der Waals surface area contributed by atoms with Crippen LogP contribution < -0.4 is 5.32 Å². The molecular formula is C41H35N7. The third kappa shape index (κ3) is 6.44. The van der Waals surface area contributed by atoms with Gasteiger partial charge < -0.3 is 5.32 Å². The fraction of sp³-hybridized carbons (Fsp3) is 0.122. The number of rotatable bonds is 9. The zero-order valence-corrected chi connectivity index (χ0v) is 27.2. The summed E-state index contributed by atoms with van der Waals surface area (Å²) in [6.45, 7) is 6.43. The van der Waals surface area contributed by atoms with Crippen LogP contribution in [0.3, 0.4) is 0 Å². The van der Waals surface area contributed by atoms with Gasteiger partial charge in [-0.25, -0.2) is 0 Å². The summed E-state index contributed by atoms with van der Waals surface area (Å²) in [6, 6.07) is 44.7. The van der Waals surface area contributed by atoms with Gasteiger partial charge in [-0.3, -0.25) is 0 Å². The minimum absolute atomic E-state index is 0.377. The van der Waals surface area contributed by atoms with Gasteiger partial charge in [0.15, 0.2) is 0 Å². The Morgan fingerprint density at radius 2 is 0.792 bits per heavy atom. The van der Waals surface area contributed by atoms with Crippen LogP contribution in [0.15, 0.2) is 164 Å². The number of benzene rings is 7. The summed E-state index contributed by atoms with van der Waals surface area (Å²) in [5, 5.41) is 37.5. The van der Waals surface area contributed by atoms with E-state index >= 15 is 0 Å². The number of nitrogens with zero attached hydrogens (tertiary/aromatic N) is 6. The van der Waals surface area contributed by atoms with Gasteiger partial charge in [0.05, 0.1) is 34.1 Å². The summed E-state index contributed by atoms with van der Waals surface area (Å²) in [5.41, 5.74) is 6.97. The van der Waals surface area contributed by atoms with Gasteiger partial charge in [-0.2, -0.15) is 5.11 Å². The first kappa shape index (κ1) is 30.6. The van der Waals surface area contributed by atoms with Crippen LogP contribution in [-0.4, -0.2) is 6.04 Å². The van der Waals surface area contributed by atoms with Crippen LogP contribution in [0, 0.1) is 6.92 Å². The van der Waals surface area contributed by atoms with E-state index in [2.05, 4.69) is 60.6 Å². The van der Waals surface area contributed by atoms with E-state index < -0.39 is 0 Å². The summed E-state index contributed by atoms with van der Waals surface area (Å²) in [5.74, 6) is 0. The topological polar surface area (TPSA) is 86.2 Å². The lowest BCUT2D eigenvalue weighted by atomic mass is 10.1. The van der Waals surface area contributed by atoms with E-state index in [1.165, 1.54) is 5.56 Å². The Labute approximate surface area is 279 Å². The van der Waals surface area contributed by atoms with Crippen LogP contribution in [-0.2, 0) is 0 Å². The van der Waals surface area contributed by atoms with E-state index in [1.54, 1.807) is 0 Å². The summed E-state index contributed by atoms with van der Waals surface area (Å²) in [4.78, 5) is 0. The van der Waals surface area contributed by atoms with Gasteiger partial charge >= 0.3 is 0 Å². The average molecular weight is 626 g/mol. The molecule has 7 aromatic carbocycles. The lowest BCUT2D eigenvalue weighted by Crippen LogP contribution is -2.13. The molecule has 0 saturated heterocycles. The summed E-state index contributed by atoms with van der Waals surface area (Å²) < 4.78 is 0. The number of aryl methyl sites for hydroxylation is 1. The third-order valence-corrected chi connectivity index (χ3v) is 8.51. The molecule has 7 rings (SSSR count). The second-order valence-corrected chi connectivity index (χ2v) is 11.9. The highest BCUT2D eigenvalue weighted by Crippen LogP contribution is 2.39. The van der Waals surface area contributed by atoms with Gasteiger partial charge in [0.1, 0.15) is 0 Å². The maximum atomic E-state index is 4.73. The molecule has 0 amide bonds. The highest BCUT2D eigenvalue weighted by molar-refractivity contribution is 6.02. The minimum atomic E-state index is 0.377. The van der Waals surface area contributed by atoms with Crippen molar-refractivity contribution in [3.63, 3.8) is 0 Å². The Hall–Kier alpha value is -6.08. The van der Waals surface area contributed by atoms with Crippen molar-refractivity contribution in [2.24, 2.45) is 30.7 Å². The van der Waals surface area contributed by atoms with Crippen LogP contribution in [0.4, 0.5) is 39.8 Å². The molecule has 48 heavy (non-hydrogen) atoms. The highest BCUT2D eigenvalue weighted by atomic mass is 15.1. The molecule has 0 aliphatic rings. The van der Waals surface area contributed by atoms with E-state index in [9.17, 15) is 0 Å². The number of anilines is 1. The van der Waals surface area contributed by atoms with Crippen LogP contribution in [0.25, 0.3) is 32.3 Å². The number of hydrogen-bond acceptors (Lipinski definition) is 7. The highest BCUT2D eigenvalue weighted by Gasteiger charge is 2.10. The molecule has 1 atom stereocenters. The van der Waals surface area contributed by atoms with E-state index in [1.807, 2.05) is 109 Å². The molecule has 0 aliphatic carbocycles. The van der Waals surface area contributed by atoms with E-state index in [4.69, 9.17) is 20.5 Å². The van der Waals surface area contributed by atoms with Gasteiger partial charge in [0.25, 0.3) is 0 Å². The maximum Gasteiger partial charge on any atom is 0.0936 e. The number of hydrogen-bond donors (Lipinski definition) is 1. The smallest absolute Gasteiger partial charge is 0.0936 e. The Balaban J connectivity index is 1.19. The van der Waals surface area contributed by atoms with Crippen LogP contribution in [0.5, 0.6) is 0 Å². The van der Waals surface area contributed by atoms with Crippen molar-refractivity contribution in [1.29, 1.82) is 0 Å². The largest absolute Gasteiger partial charge is 0.382 e. The third-order valence-electron chi connectivity index (χ3n) is 8.51. The molecule has 0 fully saturated rings. The summed E-state index contributed by atoms with van der Waals surface area (Å²) in [7, 11) is 0. The quantitative estimate of drug-likeness (QED) is 0.159. The molecule has 234 valence electrons. The first-order chi connectivity index (χ1) is 23.6. The number of nitrogens with one attached hydrogen (secondary N) is 1. The predicted octanol–water partition coefficient (Wildman–Crippen LogP) is 13.9. The average Bonchev–Trinajstić information content (AvgIpc) is 3.13. The molecule has 7 nitrogen and oxygen atoms in total. The zero-order valence-electron chi connectivity index (χ0n) is 27.2. The lowest BCUT2D eigenvalue weighted by molar-refractivity contribution is 0.765. The molecule has 0 bridgehead atoms. The van der Waals surface area contributed by atoms with Crippen molar-refractivity contribution in [3.8, 4) is 0 Å². The first-order valence-corrected chi connectivity index (χ1v) is 16.2. The van der Waals surface area contributed by atoms with Gasteiger partial charge in [0.2, 0.25) is 0 Å². The molecule has 0 heterocycles. The van der Waals surface area contributed by atoms with Crippen molar-refractivity contribution >= 4 is 72.1 Å². The molecular weight excluding hydrogens is 591 g/mol. The fourth-order valence-electron chi connectivity index (χ4n) is 5.69. The standard InChI is InChI=1S/C41H35N7/c1-4-28(3)42-36-21-22-38(31-12-6-5-11-30(31)36)45-46-40-25-26-41(35-16-10-9-15-34(35)40)48-47-39-24-23-37(32-13-7-8-14-33(32)39)44-43-29-19-17-27(2)18-20-29/h5-26,28,42H,4H2,1-3H3/b44-43+,46-45+,48-47+. The van der Waals surface area contributed by atoms with Crippen LogP contribution in [0.1, 0.15) is 25.8 Å². The monoisotopic (exact) mass is 625 g/mol. The van der Waals surface area contributed by atoms with Crippen LogP contribution in [0.2, 0.25) is 0 Å². The van der Waals surface area contributed by atoms with Crippen LogP contribution >= 0.6 is 0 Å². The van der Waals surface area contributed by atoms with Crippen molar-refractivity contribution in [3.05, 3.63) is 139 Å². The van der Waals surface area contributed by atoms with Gasteiger partial charge in [0, 0.05) is 44.0 Å². The molecule has 7 heteroatoms. The second kappa shape index (κ2) is 13.7. The van der Waals surface area contributed by atoms with Gasteiger partial charge in [-0.05, 0) is 68.8 Å². The predicted molar refractivity (Wildman–Crippen MR) is 199 cm³/mol. The molecule has 1 N–H and O–H groups in total. The van der Waals surface area contributed by atoms with Gasteiger partial charge in [-0.1, -0.05) is 97.4 Å². The Morgan fingerprint density at radius 1 is 0.438 bits per heavy atom. The van der Waals surface area contributed by atoms with Crippen molar-refractivity contribution in [2.45, 2.75) is 33.2 Å². The first-order valence-electron chi connectivity index (χ1n) is 16.2. The lowest BCUT2D eigenvalue weighted by Gasteiger charge is -2.15. The molecule has 0 aromatic heterocycles. The number of azo groups is 3. The van der Waals surface area contributed by atoms with Crippen molar-refractivity contribution < 1.29 is 0 Å². The molecule has 7 aromatic rings. The molecule has 0 aliphatic heterocycles. The van der Waals surface area contributed by atoms with E-state index in [0.29, 0.717) is 6.04 Å². The normalized spacial score (nSPS) is 12.6. The van der Waals surface area contributed by atoms with E-state index in [-0.39, 0.29) is 0 Å². The Bertz CT molecular complexity index is 2340. The molecule has 1 unspecified atom stereocenters. The summed E-state index contributed by atoms with van der Waals surface area (Å²) in [6.07, 6.45) is 1.04. The Kier molecular flexibility index (Phi) is 8.74. The van der Waals surface area contributed by atoms with Crippen molar-refractivity contribution in [1.82, 2.24) is 0 Å². The second-order valence-electron chi connectivity index (χ2n) is 11.9. The zero-order chi connectivity index (χ0) is 32.9. The fourth-order valence-corrected chi connectivity index (χ4v) is 5.69. The molecule has 0 spiro atoms. The Morgan fingerprint density at radius 3 is 1.21 bits per heavy atom. The summed E-state index contributed by atoms with van der Waals surface area (Å²) >= 11 is 0.